The van der Waals surface area contributed by atoms with Crippen LogP contribution in [-0.2, 0) is 26.2 Å². The highest BCUT2D eigenvalue weighted by Crippen LogP contribution is 2.19. The van der Waals surface area contributed by atoms with Gasteiger partial charge in [-0.3, -0.25) is 13.9 Å². The van der Waals surface area contributed by atoms with E-state index >= 15 is 0 Å². The van der Waals surface area contributed by atoms with Gasteiger partial charge in [-0.2, -0.15) is 0 Å². The van der Waals surface area contributed by atoms with E-state index in [4.69, 9.17) is 0 Å². The zero-order chi connectivity index (χ0) is 25.5. The van der Waals surface area contributed by atoms with Crippen LogP contribution in [0.15, 0.2) is 48.5 Å². The second-order valence-electron chi connectivity index (χ2n) is 8.40. The van der Waals surface area contributed by atoms with Crippen LogP contribution >= 0.6 is 0 Å². The van der Waals surface area contributed by atoms with Crippen molar-refractivity contribution in [2.75, 3.05) is 17.1 Å². The molecule has 1 N–H and O–H groups in total. The zero-order valence-electron chi connectivity index (χ0n) is 19.8. The summed E-state index contributed by atoms with van der Waals surface area (Å²) in [6, 6.07) is 9.79. The quantitative estimate of drug-likeness (QED) is 0.517. The van der Waals surface area contributed by atoms with Crippen molar-refractivity contribution in [3.8, 4) is 0 Å². The first-order chi connectivity index (χ1) is 15.9. The molecule has 0 unspecified atom stereocenters. The van der Waals surface area contributed by atoms with Gasteiger partial charge in [0.05, 0.1) is 11.9 Å². The summed E-state index contributed by atoms with van der Waals surface area (Å²) in [6.45, 7) is 5.34. The molecule has 0 heterocycles. The van der Waals surface area contributed by atoms with Crippen molar-refractivity contribution in [3.05, 3.63) is 65.7 Å². The second-order valence-corrected chi connectivity index (χ2v) is 10.3. The van der Waals surface area contributed by atoms with E-state index < -0.39 is 27.7 Å². The number of hydrogen-bond donors (Lipinski definition) is 1. The molecule has 10 heteroatoms. The van der Waals surface area contributed by atoms with Crippen molar-refractivity contribution >= 4 is 27.5 Å². The number of sulfonamides is 1. The Morgan fingerprint density at radius 2 is 1.47 bits per heavy atom. The molecule has 2 rings (SSSR count). The van der Waals surface area contributed by atoms with Crippen molar-refractivity contribution in [3.63, 3.8) is 0 Å². The summed E-state index contributed by atoms with van der Waals surface area (Å²) in [5, 5.41) is 2.78. The fourth-order valence-corrected chi connectivity index (χ4v) is 4.35. The summed E-state index contributed by atoms with van der Waals surface area (Å²) >= 11 is 0. The van der Waals surface area contributed by atoms with E-state index in [2.05, 4.69) is 5.32 Å². The molecule has 0 spiro atoms. The molecule has 186 valence electrons. The number of benzene rings is 2. The van der Waals surface area contributed by atoms with Crippen LogP contribution in [0, 0.1) is 11.6 Å². The van der Waals surface area contributed by atoms with E-state index in [1.807, 2.05) is 13.8 Å². The average molecular weight is 496 g/mol. The Morgan fingerprint density at radius 1 is 0.941 bits per heavy atom. The van der Waals surface area contributed by atoms with Gasteiger partial charge in [0.1, 0.15) is 17.7 Å². The standard InChI is InChI=1S/C24H31F2N3O4S/c1-17(2)27-24(31)18(3)28(16-19-7-9-20(25)10-8-19)23(30)6-5-15-29(34(4,32)33)22-13-11-21(26)12-14-22/h7-14,17-18H,5-6,15-16H2,1-4H3,(H,27,31)/t18-/m0/s1. The van der Waals surface area contributed by atoms with Crippen molar-refractivity contribution in [1.29, 1.82) is 0 Å². The minimum atomic E-state index is -3.66. The van der Waals surface area contributed by atoms with Gasteiger partial charge in [-0.05, 0) is 69.2 Å². The van der Waals surface area contributed by atoms with Crippen molar-refractivity contribution < 1.29 is 26.8 Å². The third-order valence-corrected chi connectivity index (χ3v) is 6.33. The Kier molecular flexibility index (Phi) is 9.55. The first-order valence-electron chi connectivity index (χ1n) is 11.0. The highest BCUT2D eigenvalue weighted by atomic mass is 32.2. The van der Waals surface area contributed by atoms with E-state index in [0.29, 0.717) is 11.3 Å². The van der Waals surface area contributed by atoms with Gasteiger partial charge in [0.15, 0.2) is 0 Å². The number of amides is 2. The third-order valence-electron chi connectivity index (χ3n) is 5.13. The average Bonchev–Trinajstić information content (AvgIpc) is 2.75. The highest BCUT2D eigenvalue weighted by Gasteiger charge is 2.27. The van der Waals surface area contributed by atoms with Crippen LogP contribution in [0.25, 0.3) is 0 Å². The highest BCUT2D eigenvalue weighted by molar-refractivity contribution is 7.92. The van der Waals surface area contributed by atoms with Gasteiger partial charge in [-0.15, -0.1) is 0 Å². The van der Waals surface area contributed by atoms with Gasteiger partial charge in [-0.1, -0.05) is 12.1 Å². The maximum absolute atomic E-state index is 13.3. The fourth-order valence-electron chi connectivity index (χ4n) is 3.39. The predicted molar refractivity (Wildman–Crippen MR) is 128 cm³/mol. The topological polar surface area (TPSA) is 86.8 Å². The molecule has 0 bridgehead atoms. The summed E-state index contributed by atoms with van der Waals surface area (Å²) in [5.41, 5.74) is 0.951. The number of nitrogens with zero attached hydrogens (tertiary/aromatic N) is 2. The molecule has 2 aromatic carbocycles. The molecule has 2 aromatic rings. The number of rotatable bonds is 11. The van der Waals surface area contributed by atoms with Crippen LogP contribution in [0.3, 0.4) is 0 Å². The smallest absolute Gasteiger partial charge is 0.242 e. The summed E-state index contributed by atoms with van der Waals surface area (Å²) < 4.78 is 52.1. The van der Waals surface area contributed by atoms with E-state index in [-0.39, 0.29) is 43.8 Å². The lowest BCUT2D eigenvalue weighted by atomic mass is 10.1. The molecule has 0 aromatic heterocycles. The Balaban J connectivity index is 2.15. The summed E-state index contributed by atoms with van der Waals surface area (Å²) in [5.74, 6) is -1.57. The van der Waals surface area contributed by atoms with E-state index in [1.54, 1.807) is 19.1 Å². The van der Waals surface area contributed by atoms with Gasteiger partial charge in [0.25, 0.3) is 0 Å². The monoisotopic (exact) mass is 495 g/mol. The number of carbonyl (C=O) groups is 2. The van der Waals surface area contributed by atoms with Crippen molar-refractivity contribution in [2.24, 2.45) is 0 Å². The van der Waals surface area contributed by atoms with E-state index in [1.165, 1.54) is 29.2 Å². The van der Waals surface area contributed by atoms with Crippen LogP contribution < -0.4 is 9.62 Å². The summed E-state index contributed by atoms with van der Waals surface area (Å²) in [4.78, 5) is 27.1. The Morgan fingerprint density at radius 3 is 1.97 bits per heavy atom. The first kappa shape index (κ1) is 27.2. The van der Waals surface area contributed by atoms with Crippen LogP contribution in [0.4, 0.5) is 14.5 Å². The molecule has 0 saturated carbocycles. The number of nitrogens with one attached hydrogen (secondary N) is 1. The van der Waals surface area contributed by atoms with Gasteiger partial charge < -0.3 is 10.2 Å². The number of anilines is 1. The molecular weight excluding hydrogens is 464 g/mol. The summed E-state index contributed by atoms with van der Waals surface area (Å²) in [6.07, 6.45) is 1.20. The van der Waals surface area contributed by atoms with Crippen molar-refractivity contribution in [2.45, 2.75) is 52.2 Å². The first-order valence-corrected chi connectivity index (χ1v) is 12.8. The molecule has 1 atom stereocenters. The Bertz CT molecular complexity index is 1070. The Labute approximate surface area is 199 Å². The predicted octanol–water partition coefficient (Wildman–Crippen LogP) is 3.45. The lowest BCUT2D eigenvalue weighted by Crippen LogP contribution is -2.49. The van der Waals surface area contributed by atoms with Gasteiger partial charge in [-0.25, -0.2) is 17.2 Å². The normalized spacial score (nSPS) is 12.3. The third kappa shape index (κ3) is 8.09. The van der Waals surface area contributed by atoms with Crippen LogP contribution in [-0.4, -0.2) is 50.0 Å². The van der Waals surface area contributed by atoms with Crippen molar-refractivity contribution in [1.82, 2.24) is 10.2 Å². The van der Waals surface area contributed by atoms with Crippen LogP contribution in [0.1, 0.15) is 39.2 Å². The molecule has 0 aliphatic rings. The molecule has 0 aliphatic carbocycles. The maximum Gasteiger partial charge on any atom is 0.242 e. The minimum absolute atomic E-state index is 0.00711. The SMILES string of the molecule is CC(C)NC(=O)[C@H](C)N(Cc1ccc(F)cc1)C(=O)CCCN(c1ccc(F)cc1)S(C)(=O)=O. The van der Waals surface area contributed by atoms with E-state index in [0.717, 1.165) is 22.7 Å². The Hall–Kier alpha value is -3.01. The lowest BCUT2D eigenvalue weighted by molar-refractivity contribution is -0.140. The molecule has 0 fully saturated rings. The molecule has 0 aliphatic heterocycles. The van der Waals surface area contributed by atoms with Gasteiger partial charge in [0, 0.05) is 25.6 Å². The summed E-state index contributed by atoms with van der Waals surface area (Å²) in [7, 11) is -3.66. The molecular formula is C24H31F2N3O4S. The molecule has 7 nitrogen and oxygen atoms in total. The van der Waals surface area contributed by atoms with Gasteiger partial charge in [0.2, 0.25) is 21.8 Å². The molecule has 0 saturated heterocycles. The molecule has 2 amide bonds. The minimum Gasteiger partial charge on any atom is -0.352 e. The largest absolute Gasteiger partial charge is 0.352 e. The van der Waals surface area contributed by atoms with Gasteiger partial charge >= 0.3 is 0 Å². The van der Waals surface area contributed by atoms with Crippen LogP contribution in [0.5, 0.6) is 0 Å². The second kappa shape index (κ2) is 11.9. The molecule has 0 radical (unpaired) electrons. The molecule has 34 heavy (non-hydrogen) atoms. The maximum atomic E-state index is 13.3. The fraction of sp³-hybridized carbons (Fsp3) is 0.417. The van der Waals surface area contributed by atoms with Crippen LogP contribution in [0.2, 0.25) is 0 Å². The van der Waals surface area contributed by atoms with E-state index in [9.17, 15) is 26.8 Å². The number of hydrogen-bond acceptors (Lipinski definition) is 4. The lowest BCUT2D eigenvalue weighted by Gasteiger charge is -2.30. The number of carbonyl (C=O) groups excluding carboxylic acids is 2. The zero-order valence-corrected chi connectivity index (χ0v) is 20.6. The number of halogens is 2.